The molecule has 0 aliphatic carbocycles. The quantitative estimate of drug-likeness (QED) is 0.648. The summed E-state index contributed by atoms with van der Waals surface area (Å²) in [6.45, 7) is 1.51. The third-order valence-corrected chi connectivity index (χ3v) is 1.44. The highest BCUT2D eigenvalue weighted by molar-refractivity contribution is 5.33. The van der Waals surface area contributed by atoms with Gasteiger partial charge in [0.15, 0.2) is 0 Å². The van der Waals surface area contributed by atoms with Crippen molar-refractivity contribution < 1.29 is 14.6 Å². The fourth-order valence-corrected chi connectivity index (χ4v) is 0.870. The molecule has 2 nitrogen and oxygen atoms in total. The molecule has 0 aromatic heterocycles. The summed E-state index contributed by atoms with van der Waals surface area (Å²) in [6.07, 6.45) is -0.768. The van der Waals surface area contributed by atoms with Gasteiger partial charge in [-0.2, -0.15) is 0 Å². The molecule has 3 heteroatoms. The van der Waals surface area contributed by atoms with Crippen molar-refractivity contribution in [2.24, 2.45) is 0 Å². The molecule has 1 rings (SSSR count). The SMILES string of the molecule is C[C@H](O)c1ccc(F)cc1O. The number of rotatable bonds is 1. The van der Waals surface area contributed by atoms with E-state index in [0.29, 0.717) is 5.56 Å². The molecule has 0 aliphatic heterocycles. The van der Waals surface area contributed by atoms with Crippen LogP contribution < -0.4 is 0 Å². The minimum atomic E-state index is -0.768. The molecule has 0 radical (unpaired) electrons. The Labute approximate surface area is 63.9 Å². The number of aromatic hydroxyl groups is 1. The molecule has 0 fully saturated rings. The second-order valence-corrected chi connectivity index (χ2v) is 2.38. The molecular formula is C8H9FO2. The fraction of sp³-hybridized carbons (Fsp3) is 0.250. The zero-order valence-corrected chi connectivity index (χ0v) is 6.08. The van der Waals surface area contributed by atoms with Crippen LogP contribution in [0.15, 0.2) is 18.2 Å². The lowest BCUT2D eigenvalue weighted by atomic mass is 10.1. The molecule has 0 saturated carbocycles. The van der Waals surface area contributed by atoms with E-state index >= 15 is 0 Å². The maximum atomic E-state index is 12.4. The van der Waals surface area contributed by atoms with Crippen LogP contribution in [0.3, 0.4) is 0 Å². The van der Waals surface area contributed by atoms with Crippen LogP contribution in [0.5, 0.6) is 5.75 Å². The van der Waals surface area contributed by atoms with Crippen LogP contribution in [0.25, 0.3) is 0 Å². The molecule has 0 heterocycles. The Morgan fingerprint density at radius 2 is 2.09 bits per heavy atom. The smallest absolute Gasteiger partial charge is 0.126 e. The van der Waals surface area contributed by atoms with Crippen LogP contribution in [0.2, 0.25) is 0 Å². The lowest BCUT2D eigenvalue weighted by molar-refractivity contribution is 0.195. The highest BCUT2D eigenvalue weighted by atomic mass is 19.1. The Balaban J connectivity index is 3.09. The molecule has 60 valence electrons. The van der Waals surface area contributed by atoms with Gasteiger partial charge in [-0.15, -0.1) is 0 Å². The van der Waals surface area contributed by atoms with E-state index in [-0.39, 0.29) is 5.75 Å². The normalized spacial score (nSPS) is 13.0. The Hall–Kier alpha value is -1.09. The molecule has 0 saturated heterocycles. The first-order valence-corrected chi connectivity index (χ1v) is 3.27. The Bertz CT molecular complexity index is 258. The summed E-state index contributed by atoms with van der Waals surface area (Å²) in [6, 6.07) is 3.53. The Kier molecular flexibility index (Phi) is 2.10. The highest BCUT2D eigenvalue weighted by Gasteiger charge is 2.06. The first kappa shape index (κ1) is 8.01. The van der Waals surface area contributed by atoms with Crippen molar-refractivity contribution in [2.45, 2.75) is 13.0 Å². The van der Waals surface area contributed by atoms with Crippen molar-refractivity contribution in [3.63, 3.8) is 0 Å². The predicted octanol–water partition coefficient (Wildman–Crippen LogP) is 1.58. The van der Waals surface area contributed by atoms with Gasteiger partial charge < -0.3 is 10.2 Å². The van der Waals surface area contributed by atoms with E-state index in [1.807, 2.05) is 0 Å². The van der Waals surface area contributed by atoms with E-state index in [0.717, 1.165) is 6.07 Å². The maximum absolute atomic E-state index is 12.4. The number of phenols is 1. The Morgan fingerprint density at radius 1 is 1.45 bits per heavy atom. The van der Waals surface area contributed by atoms with Crippen LogP contribution in [0.1, 0.15) is 18.6 Å². The molecular weight excluding hydrogens is 147 g/mol. The number of hydrogen-bond acceptors (Lipinski definition) is 2. The summed E-state index contributed by atoms with van der Waals surface area (Å²) >= 11 is 0. The van der Waals surface area contributed by atoms with Gasteiger partial charge in [0.1, 0.15) is 11.6 Å². The molecule has 1 aromatic carbocycles. The first-order valence-electron chi connectivity index (χ1n) is 3.27. The number of hydrogen-bond donors (Lipinski definition) is 2. The minimum Gasteiger partial charge on any atom is -0.507 e. The molecule has 1 atom stereocenters. The van der Waals surface area contributed by atoms with E-state index in [1.54, 1.807) is 0 Å². The zero-order valence-electron chi connectivity index (χ0n) is 6.08. The first-order chi connectivity index (χ1) is 5.11. The Morgan fingerprint density at radius 3 is 2.55 bits per heavy atom. The van der Waals surface area contributed by atoms with Gasteiger partial charge in [0, 0.05) is 11.6 Å². The summed E-state index contributed by atoms with van der Waals surface area (Å²) in [7, 11) is 0. The largest absolute Gasteiger partial charge is 0.507 e. The van der Waals surface area contributed by atoms with Gasteiger partial charge in [-0.05, 0) is 19.1 Å². The van der Waals surface area contributed by atoms with Gasteiger partial charge in [0.25, 0.3) is 0 Å². The monoisotopic (exact) mass is 156 g/mol. The summed E-state index contributed by atoms with van der Waals surface area (Å²) in [4.78, 5) is 0. The fourth-order valence-electron chi connectivity index (χ4n) is 0.870. The van der Waals surface area contributed by atoms with Gasteiger partial charge in [0.05, 0.1) is 6.10 Å². The van der Waals surface area contributed by atoms with Gasteiger partial charge in [-0.25, -0.2) is 4.39 Å². The molecule has 0 amide bonds. The molecule has 0 unspecified atom stereocenters. The molecule has 0 spiro atoms. The maximum Gasteiger partial charge on any atom is 0.126 e. The number of phenolic OH excluding ortho intramolecular Hbond substituents is 1. The second-order valence-electron chi connectivity index (χ2n) is 2.38. The van der Waals surface area contributed by atoms with Crippen LogP contribution in [0, 0.1) is 5.82 Å². The number of aliphatic hydroxyl groups is 1. The van der Waals surface area contributed by atoms with E-state index in [1.165, 1.54) is 19.1 Å². The van der Waals surface area contributed by atoms with Crippen molar-refractivity contribution in [2.75, 3.05) is 0 Å². The average Bonchev–Trinajstić information content (AvgIpc) is 1.85. The highest BCUT2D eigenvalue weighted by Crippen LogP contribution is 2.23. The van der Waals surface area contributed by atoms with Crippen molar-refractivity contribution in [1.82, 2.24) is 0 Å². The second kappa shape index (κ2) is 2.88. The third-order valence-electron chi connectivity index (χ3n) is 1.44. The third kappa shape index (κ3) is 1.68. The molecule has 1 aromatic rings. The number of benzene rings is 1. The van der Waals surface area contributed by atoms with Gasteiger partial charge in [-0.3, -0.25) is 0 Å². The molecule has 11 heavy (non-hydrogen) atoms. The van der Waals surface area contributed by atoms with Gasteiger partial charge >= 0.3 is 0 Å². The van der Waals surface area contributed by atoms with Crippen molar-refractivity contribution in [3.05, 3.63) is 29.6 Å². The summed E-state index contributed by atoms with van der Waals surface area (Å²) in [5.41, 5.74) is 0.339. The zero-order chi connectivity index (χ0) is 8.43. The van der Waals surface area contributed by atoms with E-state index < -0.39 is 11.9 Å². The van der Waals surface area contributed by atoms with Crippen molar-refractivity contribution >= 4 is 0 Å². The summed E-state index contributed by atoms with van der Waals surface area (Å²) < 4.78 is 12.4. The van der Waals surface area contributed by atoms with E-state index in [9.17, 15) is 4.39 Å². The van der Waals surface area contributed by atoms with Gasteiger partial charge in [-0.1, -0.05) is 0 Å². The average molecular weight is 156 g/mol. The lowest BCUT2D eigenvalue weighted by Gasteiger charge is -2.05. The molecule has 0 bridgehead atoms. The summed E-state index contributed by atoms with van der Waals surface area (Å²) in [5, 5.41) is 18.1. The minimum absolute atomic E-state index is 0.208. The van der Waals surface area contributed by atoms with Crippen LogP contribution >= 0.6 is 0 Å². The number of aliphatic hydroxyl groups excluding tert-OH is 1. The topological polar surface area (TPSA) is 40.5 Å². The van der Waals surface area contributed by atoms with Crippen molar-refractivity contribution in [3.8, 4) is 5.75 Å². The van der Waals surface area contributed by atoms with E-state index in [2.05, 4.69) is 0 Å². The van der Waals surface area contributed by atoms with Crippen LogP contribution in [-0.4, -0.2) is 10.2 Å². The summed E-state index contributed by atoms with van der Waals surface area (Å²) in [5.74, 6) is -0.716. The number of halogens is 1. The van der Waals surface area contributed by atoms with Crippen LogP contribution in [-0.2, 0) is 0 Å². The van der Waals surface area contributed by atoms with E-state index in [4.69, 9.17) is 10.2 Å². The van der Waals surface area contributed by atoms with Gasteiger partial charge in [0.2, 0.25) is 0 Å². The predicted molar refractivity (Wildman–Crippen MR) is 38.7 cm³/mol. The molecule has 0 aliphatic rings. The van der Waals surface area contributed by atoms with Crippen molar-refractivity contribution in [1.29, 1.82) is 0 Å². The molecule has 2 N–H and O–H groups in total. The standard InChI is InChI=1S/C8H9FO2/c1-5(10)7-3-2-6(9)4-8(7)11/h2-5,10-11H,1H3/t5-/m0/s1. The lowest BCUT2D eigenvalue weighted by Crippen LogP contribution is -1.91. The van der Waals surface area contributed by atoms with Crippen LogP contribution in [0.4, 0.5) is 4.39 Å².